The first-order chi connectivity index (χ1) is 10.9. The summed E-state index contributed by atoms with van der Waals surface area (Å²) in [6.07, 6.45) is 0. The van der Waals surface area contributed by atoms with Crippen LogP contribution in [0.2, 0.25) is 0 Å². The van der Waals surface area contributed by atoms with Crippen molar-refractivity contribution in [2.24, 2.45) is 10.9 Å². The second kappa shape index (κ2) is 6.79. The number of fused-ring (bicyclic) bond motifs is 1. The molecule has 1 unspecified atom stereocenters. The summed E-state index contributed by atoms with van der Waals surface area (Å²) in [6, 6.07) is 8.57. The molecular weight excluding hydrogens is 316 g/mol. The Balaban J connectivity index is 2.15. The van der Waals surface area contributed by atoms with E-state index in [2.05, 4.69) is 15.8 Å². The average molecular weight is 334 g/mol. The second-order valence-electron chi connectivity index (χ2n) is 5.23. The third-order valence-electron chi connectivity index (χ3n) is 3.48. The number of hydrogen-bond acceptors (Lipinski definition) is 5. The molecule has 1 aliphatic rings. The molecule has 0 saturated carbocycles. The van der Waals surface area contributed by atoms with E-state index in [9.17, 15) is 13.2 Å². The molecule has 1 atom stereocenters. The van der Waals surface area contributed by atoms with Gasteiger partial charge in [-0.25, -0.2) is 8.42 Å². The van der Waals surface area contributed by atoms with Crippen LogP contribution in [-0.4, -0.2) is 44.7 Å². The molecule has 0 spiro atoms. The zero-order valence-corrected chi connectivity index (χ0v) is 13.8. The van der Waals surface area contributed by atoms with E-state index < -0.39 is 10.0 Å². The van der Waals surface area contributed by atoms with Crippen molar-refractivity contribution in [1.29, 1.82) is 5.26 Å². The fraction of sp³-hybridized carbons (Fsp3) is 0.400. The van der Waals surface area contributed by atoms with Gasteiger partial charge in [-0.15, -0.1) is 0 Å². The van der Waals surface area contributed by atoms with E-state index in [0.29, 0.717) is 18.7 Å². The van der Waals surface area contributed by atoms with Crippen LogP contribution in [0.4, 0.5) is 0 Å². The SMILES string of the molecule is CCN(CC(C)C#N)C(=O)CN=C1NS(=O)(=O)c2ccccc21. The third kappa shape index (κ3) is 3.68. The highest BCUT2D eigenvalue weighted by Crippen LogP contribution is 2.22. The van der Waals surface area contributed by atoms with Gasteiger partial charge in [0.2, 0.25) is 5.91 Å². The van der Waals surface area contributed by atoms with Gasteiger partial charge < -0.3 is 4.90 Å². The van der Waals surface area contributed by atoms with Gasteiger partial charge in [0.15, 0.2) is 0 Å². The van der Waals surface area contributed by atoms with Gasteiger partial charge in [-0.3, -0.25) is 14.5 Å². The predicted octanol–water partition coefficient (Wildman–Crippen LogP) is 0.733. The summed E-state index contributed by atoms with van der Waals surface area (Å²) in [7, 11) is -3.60. The minimum absolute atomic E-state index is 0.164. The van der Waals surface area contributed by atoms with Crippen molar-refractivity contribution in [3.63, 3.8) is 0 Å². The molecule has 8 heteroatoms. The molecule has 23 heavy (non-hydrogen) atoms. The number of nitriles is 1. The molecule has 1 amide bonds. The molecule has 2 rings (SSSR count). The lowest BCUT2D eigenvalue weighted by Crippen LogP contribution is -2.36. The monoisotopic (exact) mass is 334 g/mol. The molecule has 1 aromatic rings. The van der Waals surface area contributed by atoms with Gasteiger partial charge >= 0.3 is 0 Å². The fourth-order valence-corrected chi connectivity index (χ4v) is 3.53. The third-order valence-corrected chi connectivity index (χ3v) is 4.88. The van der Waals surface area contributed by atoms with Gasteiger partial charge in [0.1, 0.15) is 12.4 Å². The van der Waals surface area contributed by atoms with Crippen molar-refractivity contribution in [3.8, 4) is 6.07 Å². The Kier molecular flexibility index (Phi) is 5.01. The van der Waals surface area contributed by atoms with Gasteiger partial charge in [-0.1, -0.05) is 12.1 Å². The smallest absolute Gasteiger partial charge is 0.263 e. The number of amides is 1. The largest absolute Gasteiger partial charge is 0.340 e. The van der Waals surface area contributed by atoms with Crippen LogP contribution in [-0.2, 0) is 14.8 Å². The van der Waals surface area contributed by atoms with E-state index >= 15 is 0 Å². The van der Waals surface area contributed by atoms with E-state index in [4.69, 9.17) is 5.26 Å². The standard InChI is InChI=1S/C15H18N4O3S/c1-3-19(10-11(2)8-16)14(20)9-17-15-12-6-4-5-7-13(12)23(21,22)18-15/h4-7,11H,3,9-10H2,1-2H3,(H,17,18). The van der Waals surface area contributed by atoms with Gasteiger partial charge in [0, 0.05) is 18.7 Å². The lowest BCUT2D eigenvalue weighted by molar-refractivity contribution is -0.129. The summed E-state index contributed by atoms with van der Waals surface area (Å²) in [5, 5.41) is 8.84. The number of aliphatic imine (C=N–C) groups is 1. The van der Waals surface area contributed by atoms with Crippen molar-refractivity contribution in [3.05, 3.63) is 29.8 Å². The number of carbonyl (C=O) groups excluding carboxylic acids is 1. The van der Waals surface area contributed by atoms with E-state index in [-0.39, 0.29) is 29.1 Å². The first-order valence-corrected chi connectivity index (χ1v) is 8.71. The molecular formula is C15H18N4O3S. The zero-order chi connectivity index (χ0) is 17.0. The van der Waals surface area contributed by atoms with Crippen LogP contribution in [0.25, 0.3) is 0 Å². The molecule has 0 bridgehead atoms. The summed E-state index contributed by atoms with van der Waals surface area (Å²) in [5.41, 5.74) is 0.466. The van der Waals surface area contributed by atoms with Crippen molar-refractivity contribution in [1.82, 2.24) is 9.62 Å². The summed E-state index contributed by atoms with van der Waals surface area (Å²) in [6.45, 7) is 4.20. The molecule has 1 N–H and O–H groups in total. The van der Waals surface area contributed by atoms with E-state index in [1.165, 1.54) is 11.0 Å². The Morgan fingerprint density at radius 1 is 1.43 bits per heavy atom. The fourth-order valence-electron chi connectivity index (χ4n) is 2.28. The van der Waals surface area contributed by atoms with Crippen LogP contribution in [0.15, 0.2) is 34.2 Å². The lowest BCUT2D eigenvalue weighted by atomic mass is 10.2. The number of nitrogens with one attached hydrogen (secondary N) is 1. The Morgan fingerprint density at radius 3 is 2.78 bits per heavy atom. The normalized spacial score (nSPS) is 17.9. The number of rotatable bonds is 5. The number of sulfonamides is 1. The van der Waals surface area contributed by atoms with Gasteiger partial charge in [-0.2, -0.15) is 5.26 Å². The van der Waals surface area contributed by atoms with Crippen molar-refractivity contribution in [2.75, 3.05) is 19.6 Å². The van der Waals surface area contributed by atoms with Crippen LogP contribution < -0.4 is 4.72 Å². The zero-order valence-electron chi connectivity index (χ0n) is 13.0. The molecule has 0 fully saturated rings. The lowest BCUT2D eigenvalue weighted by Gasteiger charge is -2.21. The molecule has 0 radical (unpaired) electrons. The highest BCUT2D eigenvalue weighted by molar-refractivity contribution is 7.90. The Bertz CT molecular complexity index is 780. The number of likely N-dealkylation sites (N-methyl/N-ethyl adjacent to an activating group) is 1. The van der Waals surface area contributed by atoms with Crippen LogP contribution >= 0.6 is 0 Å². The minimum atomic E-state index is -3.60. The van der Waals surface area contributed by atoms with Crippen molar-refractivity contribution >= 4 is 21.8 Å². The maximum atomic E-state index is 12.2. The summed E-state index contributed by atoms with van der Waals surface area (Å²) < 4.78 is 26.3. The first kappa shape index (κ1) is 17.0. The molecule has 0 aromatic heterocycles. The van der Waals surface area contributed by atoms with E-state index in [1.807, 2.05) is 6.92 Å². The number of carbonyl (C=O) groups is 1. The maximum Gasteiger partial charge on any atom is 0.263 e. The van der Waals surface area contributed by atoms with Crippen LogP contribution in [0.1, 0.15) is 19.4 Å². The van der Waals surface area contributed by atoms with E-state index in [0.717, 1.165) is 0 Å². The second-order valence-corrected chi connectivity index (χ2v) is 6.88. The topological polar surface area (TPSA) is 103 Å². The summed E-state index contributed by atoms with van der Waals surface area (Å²) in [4.78, 5) is 18.0. The number of benzene rings is 1. The Hall–Kier alpha value is -2.40. The molecule has 7 nitrogen and oxygen atoms in total. The molecule has 122 valence electrons. The first-order valence-electron chi connectivity index (χ1n) is 7.23. The van der Waals surface area contributed by atoms with Crippen molar-refractivity contribution < 1.29 is 13.2 Å². The van der Waals surface area contributed by atoms with Gasteiger partial charge in [0.05, 0.1) is 16.9 Å². The number of amidine groups is 1. The highest BCUT2D eigenvalue weighted by Gasteiger charge is 2.30. The summed E-state index contributed by atoms with van der Waals surface area (Å²) >= 11 is 0. The predicted molar refractivity (Wildman–Crippen MR) is 85.2 cm³/mol. The molecule has 0 saturated heterocycles. The van der Waals surface area contributed by atoms with E-state index in [1.54, 1.807) is 25.1 Å². The molecule has 1 aromatic carbocycles. The van der Waals surface area contributed by atoms with Crippen molar-refractivity contribution in [2.45, 2.75) is 18.7 Å². The molecule has 0 aliphatic carbocycles. The highest BCUT2D eigenvalue weighted by atomic mass is 32.2. The number of hydrogen-bond donors (Lipinski definition) is 1. The van der Waals surface area contributed by atoms with Crippen LogP contribution in [0.3, 0.4) is 0 Å². The average Bonchev–Trinajstić information content (AvgIpc) is 2.81. The number of nitrogens with zero attached hydrogens (tertiary/aromatic N) is 3. The van der Waals surface area contributed by atoms with Crippen LogP contribution in [0, 0.1) is 17.2 Å². The Morgan fingerprint density at radius 2 is 2.13 bits per heavy atom. The molecule has 1 aliphatic heterocycles. The van der Waals surface area contributed by atoms with Gasteiger partial charge in [-0.05, 0) is 26.0 Å². The minimum Gasteiger partial charge on any atom is -0.340 e. The van der Waals surface area contributed by atoms with Crippen LogP contribution in [0.5, 0.6) is 0 Å². The molecule has 1 heterocycles. The maximum absolute atomic E-state index is 12.2. The quantitative estimate of drug-likeness (QED) is 0.857. The Labute approximate surface area is 135 Å². The van der Waals surface area contributed by atoms with Gasteiger partial charge in [0.25, 0.3) is 10.0 Å². The summed E-state index contributed by atoms with van der Waals surface area (Å²) in [5.74, 6) is -0.332.